The molecule has 0 aromatic rings. The second-order valence-corrected chi connectivity index (χ2v) is 8.44. The van der Waals surface area contributed by atoms with Crippen LogP contribution in [0.4, 0.5) is 0 Å². The van der Waals surface area contributed by atoms with E-state index in [0.29, 0.717) is 31.1 Å². The van der Waals surface area contributed by atoms with E-state index in [-0.39, 0.29) is 12.0 Å². The molecule has 1 aliphatic carbocycles. The molecule has 3 atom stereocenters. The number of aliphatic hydroxyl groups is 3. The van der Waals surface area contributed by atoms with E-state index in [1.54, 1.807) is 13.8 Å². The number of Topliss-reactive ketones (excluding diaryl/α,β-unsaturated/α-hetero) is 2. The first-order valence-electron chi connectivity index (χ1n) is 9.37. The summed E-state index contributed by atoms with van der Waals surface area (Å²) in [6.45, 7) is 11.3. The molecule has 0 heterocycles. The molecule has 25 heavy (non-hydrogen) atoms. The van der Waals surface area contributed by atoms with E-state index in [1.165, 1.54) is 0 Å². The molecule has 0 radical (unpaired) electrons. The minimum absolute atomic E-state index is 0.257. The minimum atomic E-state index is -2.07. The van der Waals surface area contributed by atoms with Crippen molar-refractivity contribution in [3.8, 4) is 0 Å². The fourth-order valence-corrected chi connectivity index (χ4v) is 3.34. The molecule has 1 rings (SSSR count). The summed E-state index contributed by atoms with van der Waals surface area (Å²) in [4.78, 5) is 25.2. The third-order valence-electron chi connectivity index (χ3n) is 5.04. The van der Waals surface area contributed by atoms with Crippen molar-refractivity contribution in [3.63, 3.8) is 0 Å². The quantitative estimate of drug-likeness (QED) is 0.553. The van der Waals surface area contributed by atoms with Gasteiger partial charge in [0.2, 0.25) is 0 Å². The van der Waals surface area contributed by atoms with Crippen molar-refractivity contribution < 1.29 is 24.9 Å². The number of aliphatic hydroxyl groups excluding tert-OH is 2. The molecule has 1 unspecified atom stereocenters. The highest BCUT2D eigenvalue weighted by Crippen LogP contribution is 2.44. The predicted octanol–water partition coefficient (Wildman–Crippen LogP) is 3.19. The van der Waals surface area contributed by atoms with Gasteiger partial charge in [-0.1, -0.05) is 48.0 Å². The Labute approximate surface area is 151 Å². The Morgan fingerprint density at radius 3 is 2.00 bits per heavy atom. The van der Waals surface area contributed by atoms with Gasteiger partial charge in [-0.25, -0.2) is 0 Å². The highest BCUT2D eigenvalue weighted by atomic mass is 16.4. The lowest BCUT2D eigenvalue weighted by Gasteiger charge is -2.34. The molecule has 144 valence electrons. The molecular formula is C20H34O5. The van der Waals surface area contributed by atoms with E-state index in [9.17, 15) is 24.9 Å². The highest BCUT2D eigenvalue weighted by Gasteiger charge is 2.58. The predicted molar refractivity (Wildman–Crippen MR) is 97.1 cm³/mol. The van der Waals surface area contributed by atoms with Crippen LogP contribution in [0.5, 0.6) is 0 Å². The SMILES string of the molecule is CC(C)CCC1C(=O)C(C(=O)C(C)C)=C(O)[C@@]1(O)[C@@H](O)CCC(C)C. The van der Waals surface area contributed by atoms with Crippen LogP contribution in [0.2, 0.25) is 0 Å². The van der Waals surface area contributed by atoms with Gasteiger partial charge in [0.25, 0.3) is 0 Å². The van der Waals surface area contributed by atoms with E-state index in [1.807, 2.05) is 27.7 Å². The fourth-order valence-electron chi connectivity index (χ4n) is 3.34. The van der Waals surface area contributed by atoms with Crippen LogP contribution in [0.15, 0.2) is 11.3 Å². The summed E-state index contributed by atoms with van der Waals surface area (Å²) in [6.07, 6.45) is 0.604. The number of allylic oxidation sites excluding steroid dienone is 1. The molecule has 0 aromatic carbocycles. The van der Waals surface area contributed by atoms with Crippen molar-refractivity contribution in [1.29, 1.82) is 0 Å². The van der Waals surface area contributed by atoms with Gasteiger partial charge in [0.15, 0.2) is 17.2 Å². The van der Waals surface area contributed by atoms with Crippen molar-refractivity contribution >= 4 is 11.6 Å². The van der Waals surface area contributed by atoms with Crippen molar-refractivity contribution in [2.45, 2.75) is 78.9 Å². The van der Waals surface area contributed by atoms with Gasteiger partial charge in [-0.05, 0) is 31.1 Å². The van der Waals surface area contributed by atoms with Gasteiger partial charge in [-0.3, -0.25) is 9.59 Å². The van der Waals surface area contributed by atoms with E-state index in [0.717, 1.165) is 0 Å². The molecule has 0 saturated heterocycles. The topological polar surface area (TPSA) is 94.8 Å². The van der Waals surface area contributed by atoms with E-state index < -0.39 is 40.9 Å². The Bertz CT molecular complexity index is 532. The van der Waals surface area contributed by atoms with E-state index in [4.69, 9.17) is 0 Å². The van der Waals surface area contributed by atoms with E-state index in [2.05, 4.69) is 0 Å². The summed E-state index contributed by atoms with van der Waals surface area (Å²) in [6, 6.07) is 0. The summed E-state index contributed by atoms with van der Waals surface area (Å²) in [5, 5.41) is 32.4. The average molecular weight is 354 g/mol. The Kier molecular flexibility index (Phi) is 7.39. The smallest absolute Gasteiger partial charge is 0.176 e. The molecule has 3 N–H and O–H groups in total. The summed E-state index contributed by atoms with van der Waals surface area (Å²) in [7, 11) is 0. The van der Waals surface area contributed by atoms with Crippen LogP contribution in [0.1, 0.15) is 67.2 Å². The monoisotopic (exact) mass is 354 g/mol. The number of ketones is 2. The molecule has 0 spiro atoms. The number of hydrogen-bond donors (Lipinski definition) is 3. The Morgan fingerprint density at radius 1 is 1.04 bits per heavy atom. The third kappa shape index (κ3) is 4.50. The van der Waals surface area contributed by atoms with Crippen molar-refractivity contribution in [2.24, 2.45) is 23.7 Å². The second kappa shape index (κ2) is 8.45. The molecule has 1 aliphatic rings. The first-order valence-corrected chi connectivity index (χ1v) is 9.37. The Hall–Kier alpha value is -1.20. The van der Waals surface area contributed by atoms with Gasteiger partial charge >= 0.3 is 0 Å². The molecule has 5 nitrogen and oxygen atoms in total. The fraction of sp³-hybridized carbons (Fsp3) is 0.800. The summed E-state index contributed by atoms with van der Waals surface area (Å²) < 4.78 is 0. The van der Waals surface area contributed by atoms with Crippen LogP contribution < -0.4 is 0 Å². The maximum absolute atomic E-state index is 12.8. The third-order valence-corrected chi connectivity index (χ3v) is 5.04. The first-order chi connectivity index (χ1) is 11.4. The van der Waals surface area contributed by atoms with Crippen molar-refractivity contribution in [1.82, 2.24) is 0 Å². The van der Waals surface area contributed by atoms with Crippen LogP contribution in [0.25, 0.3) is 0 Å². The highest BCUT2D eigenvalue weighted by molar-refractivity contribution is 6.24. The molecule has 0 fully saturated rings. The number of carbonyl (C=O) groups is 2. The zero-order valence-corrected chi connectivity index (χ0v) is 16.4. The Morgan fingerprint density at radius 2 is 1.56 bits per heavy atom. The standard InChI is InChI=1S/C20H34O5/c1-11(2)7-9-14-18(23)16(17(22)13(5)6)19(24)20(14,25)15(21)10-8-12(3)4/h11-15,21,24-25H,7-10H2,1-6H3/t14?,15-,20-/m0/s1. The van der Waals surface area contributed by atoms with Gasteiger partial charge < -0.3 is 15.3 Å². The molecule has 0 aromatic heterocycles. The maximum atomic E-state index is 12.8. The van der Waals surface area contributed by atoms with Gasteiger partial charge in [0, 0.05) is 5.92 Å². The number of rotatable bonds is 9. The lowest BCUT2D eigenvalue weighted by molar-refractivity contribution is -0.137. The van der Waals surface area contributed by atoms with Crippen molar-refractivity contribution in [2.75, 3.05) is 0 Å². The zero-order chi connectivity index (χ0) is 19.5. The van der Waals surface area contributed by atoms with Crippen molar-refractivity contribution in [3.05, 3.63) is 11.3 Å². The second-order valence-electron chi connectivity index (χ2n) is 8.44. The summed E-state index contributed by atoms with van der Waals surface area (Å²) >= 11 is 0. The van der Waals surface area contributed by atoms with Gasteiger partial charge in [-0.15, -0.1) is 0 Å². The van der Waals surface area contributed by atoms with Crippen LogP contribution in [0.3, 0.4) is 0 Å². The molecule has 5 heteroatoms. The molecular weight excluding hydrogens is 320 g/mol. The number of hydrogen-bond acceptors (Lipinski definition) is 5. The molecule has 0 bridgehead atoms. The van der Waals surface area contributed by atoms with Crippen LogP contribution in [-0.2, 0) is 9.59 Å². The summed E-state index contributed by atoms with van der Waals surface area (Å²) in [5.41, 5.74) is -2.39. The molecule has 0 aliphatic heterocycles. The largest absolute Gasteiger partial charge is 0.508 e. The van der Waals surface area contributed by atoms with Crippen LogP contribution in [0, 0.1) is 23.7 Å². The first kappa shape index (κ1) is 21.8. The minimum Gasteiger partial charge on any atom is -0.508 e. The zero-order valence-electron chi connectivity index (χ0n) is 16.4. The maximum Gasteiger partial charge on any atom is 0.176 e. The average Bonchev–Trinajstić information content (AvgIpc) is 2.69. The van der Waals surface area contributed by atoms with Gasteiger partial charge in [0.1, 0.15) is 11.3 Å². The summed E-state index contributed by atoms with van der Waals surface area (Å²) in [5.74, 6) is -2.49. The van der Waals surface area contributed by atoms with E-state index >= 15 is 0 Å². The van der Waals surface area contributed by atoms with Gasteiger partial charge in [0.05, 0.1) is 12.0 Å². The lowest BCUT2D eigenvalue weighted by Crippen LogP contribution is -2.49. The lowest BCUT2D eigenvalue weighted by atomic mass is 9.78. The normalized spacial score (nSPS) is 25.6. The molecule has 0 amide bonds. The van der Waals surface area contributed by atoms with Crippen LogP contribution in [-0.4, -0.2) is 38.6 Å². The van der Waals surface area contributed by atoms with Crippen LogP contribution >= 0.6 is 0 Å². The number of carbonyl (C=O) groups excluding carboxylic acids is 2. The molecule has 0 saturated carbocycles. The van der Waals surface area contributed by atoms with Gasteiger partial charge in [-0.2, -0.15) is 0 Å². The Balaban J connectivity index is 3.27.